The lowest BCUT2D eigenvalue weighted by molar-refractivity contribution is -0.137. The molecule has 0 bridgehead atoms. The van der Waals surface area contributed by atoms with E-state index in [2.05, 4.69) is 9.71 Å². The number of nitrogens with one attached hydrogen (secondary N) is 1. The van der Waals surface area contributed by atoms with E-state index in [-0.39, 0.29) is 30.2 Å². The molecule has 0 amide bonds. The minimum atomic E-state index is -3.65. The van der Waals surface area contributed by atoms with Gasteiger partial charge in [-0.1, -0.05) is 11.6 Å². The molecule has 0 aliphatic carbocycles. The number of sulfonamides is 1. The molecular weight excluding hydrogens is 478 g/mol. The van der Waals surface area contributed by atoms with E-state index in [4.69, 9.17) is 16.7 Å². The second-order valence-corrected chi connectivity index (χ2v) is 9.64. The van der Waals surface area contributed by atoms with E-state index >= 15 is 0 Å². The number of hydrogen-bond acceptors (Lipinski definition) is 5. The first-order valence-electron chi connectivity index (χ1n) is 10.5. The number of nitrogens with zero attached hydrogens (tertiary/aromatic N) is 2. The average Bonchev–Trinajstić information content (AvgIpc) is 3.21. The Balaban J connectivity index is 1.65. The third-order valence-electron chi connectivity index (χ3n) is 5.03. The summed E-state index contributed by atoms with van der Waals surface area (Å²) in [6.45, 7) is 0.439. The lowest BCUT2D eigenvalue weighted by Gasteiger charge is -2.11. The summed E-state index contributed by atoms with van der Waals surface area (Å²) in [7, 11) is -3.65. The molecular formula is C24H24ClN3O5S. The van der Waals surface area contributed by atoms with E-state index in [0.29, 0.717) is 29.1 Å². The van der Waals surface area contributed by atoms with E-state index in [9.17, 15) is 18.0 Å². The fraction of sp³-hybridized carbons (Fsp3) is 0.208. The summed E-state index contributed by atoms with van der Waals surface area (Å²) in [5, 5.41) is 9.56. The van der Waals surface area contributed by atoms with Crippen LogP contribution in [0.5, 0.6) is 0 Å². The van der Waals surface area contributed by atoms with Gasteiger partial charge in [-0.3, -0.25) is 14.6 Å². The zero-order valence-corrected chi connectivity index (χ0v) is 19.8. The van der Waals surface area contributed by atoms with Gasteiger partial charge in [0.05, 0.1) is 11.3 Å². The summed E-state index contributed by atoms with van der Waals surface area (Å²) in [4.78, 5) is 27.5. The number of allylic oxidation sites excluding steroid dienone is 1. The average molecular weight is 502 g/mol. The van der Waals surface area contributed by atoms with Crippen molar-refractivity contribution in [3.05, 3.63) is 89.0 Å². The van der Waals surface area contributed by atoms with Crippen LogP contribution in [-0.4, -0.2) is 41.4 Å². The maximum Gasteiger partial charge on any atom is 0.305 e. The Morgan fingerprint density at radius 1 is 1.12 bits per heavy atom. The first-order valence-corrected chi connectivity index (χ1v) is 12.4. The Morgan fingerprint density at radius 3 is 2.56 bits per heavy atom. The smallest absolute Gasteiger partial charge is 0.305 e. The molecule has 0 atom stereocenters. The van der Waals surface area contributed by atoms with Gasteiger partial charge < -0.3 is 9.67 Å². The van der Waals surface area contributed by atoms with Gasteiger partial charge in [-0.15, -0.1) is 0 Å². The van der Waals surface area contributed by atoms with E-state index in [0.717, 1.165) is 5.69 Å². The van der Waals surface area contributed by atoms with Crippen molar-refractivity contribution in [1.29, 1.82) is 0 Å². The molecule has 34 heavy (non-hydrogen) atoms. The van der Waals surface area contributed by atoms with Gasteiger partial charge in [0.15, 0.2) is 5.78 Å². The third kappa shape index (κ3) is 7.11. The number of hydrogen-bond donors (Lipinski definition) is 2. The van der Waals surface area contributed by atoms with Crippen molar-refractivity contribution in [3.63, 3.8) is 0 Å². The maximum atomic E-state index is 12.4. The number of carboxylic acid groups (broad SMARTS) is 1. The molecule has 1 aromatic carbocycles. The Morgan fingerprint density at radius 2 is 1.88 bits per heavy atom. The monoisotopic (exact) mass is 501 g/mol. The molecule has 2 N–H and O–H groups in total. The van der Waals surface area contributed by atoms with Crippen molar-refractivity contribution in [2.45, 2.75) is 30.7 Å². The summed E-state index contributed by atoms with van der Waals surface area (Å²) < 4.78 is 29.2. The van der Waals surface area contributed by atoms with Gasteiger partial charge in [0.2, 0.25) is 10.0 Å². The van der Waals surface area contributed by atoms with Crippen LogP contribution in [0.3, 0.4) is 0 Å². The molecule has 0 radical (unpaired) electrons. The largest absolute Gasteiger partial charge is 0.481 e. The highest BCUT2D eigenvalue weighted by Crippen LogP contribution is 2.16. The van der Waals surface area contributed by atoms with Crippen LogP contribution < -0.4 is 4.72 Å². The molecule has 0 unspecified atom stereocenters. The van der Waals surface area contributed by atoms with Crippen LogP contribution in [0, 0.1) is 0 Å². The predicted octanol–water partition coefficient (Wildman–Crippen LogP) is 3.82. The molecule has 0 saturated heterocycles. The molecule has 0 fully saturated rings. The zero-order chi connectivity index (χ0) is 24.6. The van der Waals surface area contributed by atoms with Crippen molar-refractivity contribution in [3.8, 4) is 0 Å². The summed E-state index contributed by atoms with van der Waals surface area (Å²) in [6.07, 6.45) is 7.07. The Hall–Kier alpha value is -3.27. The minimum absolute atomic E-state index is 0.0811. The number of benzene rings is 1. The Bertz CT molecular complexity index is 1270. The predicted molar refractivity (Wildman–Crippen MR) is 129 cm³/mol. The van der Waals surface area contributed by atoms with Crippen LogP contribution in [-0.2, 0) is 27.8 Å². The van der Waals surface area contributed by atoms with Crippen LogP contribution in [0.2, 0.25) is 5.02 Å². The molecule has 10 heteroatoms. The number of carboxylic acids is 1. The number of ketones is 1. The molecule has 0 saturated carbocycles. The second kappa shape index (κ2) is 11.7. The highest BCUT2D eigenvalue weighted by Gasteiger charge is 2.14. The topological polar surface area (TPSA) is 118 Å². The number of rotatable bonds is 12. The summed E-state index contributed by atoms with van der Waals surface area (Å²) >= 11 is 5.81. The standard InChI is InChI=1S/C24H24ClN3O5S/c25-19-5-10-22(11-6-19)34(32,33)27-15-2-4-20-7-8-21(28(20)16-13-24(30)31)9-12-23(29)18-3-1-14-26-17-18/h1,3,5-12,14,17,27H,2,4,13,15-16H2,(H,30,31). The molecule has 178 valence electrons. The summed E-state index contributed by atoms with van der Waals surface area (Å²) in [5.41, 5.74) is 1.99. The number of pyridine rings is 1. The Labute approximate surface area is 203 Å². The van der Waals surface area contributed by atoms with Crippen LogP contribution in [0.1, 0.15) is 34.6 Å². The molecule has 0 aliphatic heterocycles. The lowest BCUT2D eigenvalue weighted by Crippen LogP contribution is -2.25. The SMILES string of the molecule is O=C(O)CCn1c(C=CC(=O)c2cccnc2)ccc1CCCNS(=O)(=O)c1ccc(Cl)cc1. The first kappa shape index (κ1) is 25.4. The Kier molecular flexibility index (Phi) is 8.75. The van der Waals surface area contributed by atoms with E-state index in [1.165, 1.54) is 36.5 Å². The summed E-state index contributed by atoms with van der Waals surface area (Å²) in [6, 6.07) is 12.9. The van der Waals surface area contributed by atoms with Crippen molar-refractivity contribution < 1.29 is 23.1 Å². The van der Waals surface area contributed by atoms with E-state index < -0.39 is 16.0 Å². The van der Waals surface area contributed by atoms with Gasteiger partial charge in [0.1, 0.15) is 0 Å². The number of carbonyl (C=O) groups excluding carboxylic acids is 1. The highest BCUT2D eigenvalue weighted by molar-refractivity contribution is 7.89. The number of aromatic nitrogens is 2. The van der Waals surface area contributed by atoms with Crippen molar-refractivity contribution in [1.82, 2.24) is 14.3 Å². The van der Waals surface area contributed by atoms with E-state index in [1.807, 2.05) is 16.7 Å². The van der Waals surface area contributed by atoms with Crippen LogP contribution >= 0.6 is 11.6 Å². The first-order chi connectivity index (χ1) is 16.3. The normalized spacial score (nSPS) is 11.7. The highest BCUT2D eigenvalue weighted by atomic mass is 35.5. The maximum absolute atomic E-state index is 12.4. The van der Waals surface area contributed by atoms with Gasteiger partial charge in [0, 0.05) is 47.5 Å². The quantitative estimate of drug-likeness (QED) is 0.221. The molecule has 2 heterocycles. The summed E-state index contributed by atoms with van der Waals surface area (Å²) in [5.74, 6) is -1.14. The van der Waals surface area contributed by atoms with Gasteiger partial charge in [-0.2, -0.15) is 0 Å². The van der Waals surface area contributed by atoms with Gasteiger partial charge >= 0.3 is 5.97 Å². The third-order valence-corrected chi connectivity index (χ3v) is 6.76. The van der Waals surface area contributed by atoms with Crippen molar-refractivity contribution in [2.75, 3.05) is 6.54 Å². The molecule has 0 aliphatic rings. The molecule has 2 aromatic heterocycles. The number of aryl methyl sites for hydroxylation is 1. The van der Waals surface area contributed by atoms with Crippen molar-refractivity contribution >= 4 is 39.5 Å². The van der Waals surface area contributed by atoms with Gasteiger partial charge in [-0.25, -0.2) is 13.1 Å². The minimum Gasteiger partial charge on any atom is -0.481 e. The van der Waals surface area contributed by atoms with Gasteiger partial charge in [-0.05, 0) is 73.5 Å². The number of carbonyl (C=O) groups is 2. The van der Waals surface area contributed by atoms with Gasteiger partial charge in [0.25, 0.3) is 0 Å². The van der Waals surface area contributed by atoms with Crippen LogP contribution in [0.4, 0.5) is 0 Å². The lowest BCUT2D eigenvalue weighted by atomic mass is 10.2. The molecule has 3 aromatic rings. The van der Waals surface area contributed by atoms with Crippen LogP contribution in [0.15, 0.2) is 71.9 Å². The van der Waals surface area contributed by atoms with E-state index in [1.54, 1.807) is 24.4 Å². The molecule has 3 rings (SSSR count). The zero-order valence-electron chi connectivity index (χ0n) is 18.2. The molecule has 8 nitrogen and oxygen atoms in total. The van der Waals surface area contributed by atoms with Crippen molar-refractivity contribution in [2.24, 2.45) is 0 Å². The molecule has 0 spiro atoms. The number of aliphatic carboxylic acids is 1. The fourth-order valence-electron chi connectivity index (χ4n) is 3.31. The fourth-order valence-corrected chi connectivity index (χ4v) is 4.51. The number of halogens is 1. The second-order valence-electron chi connectivity index (χ2n) is 7.44. The van der Waals surface area contributed by atoms with Crippen LogP contribution in [0.25, 0.3) is 6.08 Å².